The summed E-state index contributed by atoms with van der Waals surface area (Å²) >= 11 is 0. The molecule has 4 heteroatoms. The van der Waals surface area contributed by atoms with Gasteiger partial charge in [0.05, 0.1) is 6.04 Å². The maximum absolute atomic E-state index is 12.7. The minimum atomic E-state index is -0.0120. The van der Waals surface area contributed by atoms with Gasteiger partial charge in [-0.15, -0.1) is 0 Å². The van der Waals surface area contributed by atoms with Crippen LogP contribution < -0.4 is 4.74 Å². The van der Waals surface area contributed by atoms with E-state index < -0.39 is 0 Å². The van der Waals surface area contributed by atoms with Crippen molar-refractivity contribution in [2.45, 2.75) is 19.6 Å². The summed E-state index contributed by atoms with van der Waals surface area (Å²) in [4.78, 5) is 18.5. The Bertz CT molecular complexity index is 833. The first kappa shape index (κ1) is 17.7. The molecule has 3 rings (SSSR count). The van der Waals surface area contributed by atoms with E-state index in [1.54, 1.807) is 29.4 Å². The van der Waals surface area contributed by atoms with E-state index in [1.165, 1.54) is 0 Å². The molecule has 0 radical (unpaired) electrons. The van der Waals surface area contributed by atoms with Gasteiger partial charge in [-0.05, 0) is 54.4 Å². The molecule has 0 aliphatic carbocycles. The van der Waals surface area contributed by atoms with Crippen LogP contribution in [0.1, 0.15) is 34.5 Å². The van der Waals surface area contributed by atoms with E-state index in [1.807, 2.05) is 68.6 Å². The predicted molar refractivity (Wildman–Crippen MR) is 102 cm³/mol. The average molecular weight is 346 g/mol. The van der Waals surface area contributed by atoms with Crippen molar-refractivity contribution in [1.82, 2.24) is 9.88 Å². The smallest absolute Gasteiger partial charge is 0.254 e. The van der Waals surface area contributed by atoms with Gasteiger partial charge in [0.1, 0.15) is 12.4 Å². The van der Waals surface area contributed by atoms with E-state index in [4.69, 9.17) is 4.74 Å². The molecule has 0 saturated carbocycles. The van der Waals surface area contributed by atoms with Crippen molar-refractivity contribution in [2.24, 2.45) is 0 Å². The normalized spacial score (nSPS) is 11.6. The number of carbonyl (C=O) groups is 1. The minimum Gasteiger partial charge on any atom is -0.489 e. The lowest BCUT2D eigenvalue weighted by atomic mass is 10.1. The fourth-order valence-corrected chi connectivity index (χ4v) is 2.67. The Morgan fingerprint density at radius 2 is 1.65 bits per heavy atom. The molecule has 1 amide bonds. The molecule has 0 spiro atoms. The van der Waals surface area contributed by atoms with Crippen LogP contribution in [0.3, 0.4) is 0 Å². The number of nitrogens with zero attached hydrogens (tertiary/aromatic N) is 2. The highest BCUT2D eigenvalue weighted by atomic mass is 16.5. The zero-order chi connectivity index (χ0) is 18.4. The number of pyridine rings is 1. The first-order valence-electron chi connectivity index (χ1n) is 8.59. The molecule has 1 heterocycles. The molecule has 0 fully saturated rings. The van der Waals surface area contributed by atoms with Crippen LogP contribution >= 0.6 is 0 Å². The average Bonchev–Trinajstić information content (AvgIpc) is 2.72. The van der Waals surface area contributed by atoms with Crippen molar-refractivity contribution in [2.75, 3.05) is 7.05 Å². The van der Waals surface area contributed by atoms with E-state index in [0.717, 1.165) is 16.9 Å². The third kappa shape index (κ3) is 4.28. The quantitative estimate of drug-likeness (QED) is 0.660. The minimum absolute atomic E-state index is 0.00585. The molecular weight excluding hydrogens is 324 g/mol. The van der Waals surface area contributed by atoms with Crippen molar-refractivity contribution in [3.63, 3.8) is 0 Å². The van der Waals surface area contributed by atoms with Gasteiger partial charge in [0.2, 0.25) is 0 Å². The van der Waals surface area contributed by atoms with Crippen LogP contribution in [0.25, 0.3) is 0 Å². The Labute approximate surface area is 154 Å². The van der Waals surface area contributed by atoms with Gasteiger partial charge < -0.3 is 9.64 Å². The SMILES string of the molecule is C[C@H](c1ccccc1)N(C)C(=O)c1ccc(OCc2ccncc2)cc1. The second-order valence-corrected chi connectivity index (χ2v) is 6.17. The summed E-state index contributed by atoms with van der Waals surface area (Å²) in [6, 6.07) is 21.1. The van der Waals surface area contributed by atoms with Gasteiger partial charge in [0.15, 0.2) is 0 Å². The number of carbonyl (C=O) groups excluding carboxylic acids is 1. The van der Waals surface area contributed by atoms with Crippen molar-refractivity contribution in [3.05, 3.63) is 95.8 Å². The van der Waals surface area contributed by atoms with E-state index in [2.05, 4.69) is 4.98 Å². The number of rotatable bonds is 6. The summed E-state index contributed by atoms with van der Waals surface area (Å²) in [6.45, 7) is 2.50. The maximum atomic E-state index is 12.7. The number of hydrogen-bond donors (Lipinski definition) is 0. The molecule has 0 saturated heterocycles. The number of hydrogen-bond acceptors (Lipinski definition) is 3. The van der Waals surface area contributed by atoms with Crippen LogP contribution in [-0.4, -0.2) is 22.8 Å². The Kier molecular flexibility index (Phi) is 5.64. The van der Waals surface area contributed by atoms with Crippen LogP contribution in [-0.2, 0) is 6.61 Å². The zero-order valence-electron chi connectivity index (χ0n) is 15.0. The first-order chi connectivity index (χ1) is 12.6. The van der Waals surface area contributed by atoms with Gasteiger partial charge in [-0.3, -0.25) is 9.78 Å². The first-order valence-corrected chi connectivity index (χ1v) is 8.59. The fourth-order valence-electron chi connectivity index (χ4n) is 2.67. The number of amides is 1. The van der Waals surface area contributed by atoms with E-state index in [-0.39, 0.29) is 11.9 Å². The van der Waals surface area contributed by atoms with Gasteiger partial charge in [0.25, 0.3) is 5.91 Å². The van der Waals surface area contributed by atoms with Gasteiger partial charge in [-0.2, -0.15) is 0 Å². The van der Waals surface area contributed by atoms with Gasteiger partial charge in [-0.1, -0.05) is 30.3 Å². The van der Waals surface area contributed by atoms with Crippen molar-refractivity contribution in [3.8, 4) is 5.75 Å². The van der Waals surface area contributed by atoms with Crippen molar-refractivity contribution < 1.29 is 9.53 Å². The summed E-state index contributed by atoms with van der Waals surface area (Å²) in [7, 11) is 1.83. The standard InChI is InChI=1S/C22H22N2O2/c1-17(19-6-4-3-5-7-19)24(2)22(25)20-8-10-21(11-9-20)26-16-18-12-14-23-15-13-18/h3-15,17H,16H2,1-2H3/t17-/m1/s1. The molecule has 2 aromatic carbocycles. The highest BCUT2D eigenvalue weighted by Gasteiger charge is 2.18. The molecular formula is C22H22N2O2. The molecule has 0 unspecified atom stereocenters. The topological polar surface area (TPSA) is 42.4 Å². The Hall–Kier alpha value is -3.14. The zero-order valence-corrected chi connectivity index (χ0v) is 15.0. The molecule has 1 atom stereocenters. The van der Waals surface area contributed by atoms with E-state index in [0.29, 0.717) is 12.2 Å². The summed E-state index contributed by atoms with van der Waals surface area (Å²) in [5.41, 5.74) is 2.81. The Balaban J connectivity index is 1.63. The lowest BCUT2D eigenvalue weighted by molar-refractivity contribution is 0.0742. The molecule has 0 aliphatic heterocycles. The van der Waals surface area contributed by atoms with Crippen LogP contribution in [0.5, 0.6) is 5.75 Å². The highest BCUT2D eigenvalue weighted by Crippen LogP contribution is 2.21. The van der Waals surface area contributed by atoms with Gasteiger partial charge in [0, 0.05) is 25.0 Å². The lowest BCUT2D eigenvalue weighted by Gasteiger charge is -2.25. The molecule has 0 aliphatic rings. The maximum Gasteiger partial charge on any atom is 0.254 e. The number of benzene rings is 2. The molecule has 4 nitrogen and oxygen atoms in total. The lowest BCUT2D eigenvalue weighted by Crippen LogP contribution is -2.29. The second kappa shape index (κ2) is 8.30. The van der Waals surface area contributed by atoms with Crippen LogP contribution in [0.2, 0.25) is 0 Å². The third-order valence-corrected chi connectivity index (χ3v) is 4.44. The fraction of sp³-hybridized carbons (Fsp3) is 0.182. The Morgan fingerprint density at radius 1 is 1.00 bits per heavy atom. The van der Waals surface area contributed by atoms with Crippen molar-refractivity contribution in [1.29, 1.82) is 0 Å². The summed E-state index contributed by atoms with van der Waals surface area (Å²) in [5.74, 6) is 0.721. The molecule has 1 aromatic heterocycles. The third-order valence-electron chi connectivity index (χ3n) is 4.44. The summed E-state index contributed by atoms with van der Waals surface area (Å²) in [5, 5.41) is 0. The summed E-state index contributed by atoms with van der Waals surface area (Å²) < 4.78 is 5.75. The largest absolute Gasteiger partial charge is 0.489 e. The molecule has 3 aromatic rings. The van der Waals surface area contributed by atoms with E-state index >= 15 is 0 Å². The second-order valence-electron chi connectivity index (χ2n) is 6.17. The molecule has 26 heavy (non-hydrogen) atoms. The monoisotopic (exact) mass is 346 g/mol. The number of ether oxygens (including phenoxy) is 1. The van der Waals surface area contributed by atoms with Gasteiger partial charge in [-0.25, -0.2) is 0 Å². The molecule has 132 valence electrons. The molecule has 0 bridgehead atoms. The summed E-state index contributed by atoms with van der Waals surface area (Å²) in [6.07, 6.45) is 3.48. The van der Waals surface area contributed by atoms with E-state index in [9.17, 15) is 4.79 Å². The van der Waals surface area contributed by atoms with Crippen molar-refractivity contribution >= 4 is 5.91 Å². The van der Waals surface area contributed by atoms with Crippen LogP contribution in [0.15, 0.2) is 79.1 Å². The van der Waals surface area contributed by atoms with Gasteiger partial charge >= 0.3 is 0 Å². The molecule has 0 N–H and O–H groups in total. The number of aromatic nitrogens is 1. The van der Waals surface area contributed by atoms with Crippen LogP contribution in [0.4, 0.5) is 0 Å². The Morgan fingerprint density at radius 3 is 2.31 bits per heavy atom. The highest BCUT2D eigenvalue weighted by molar-refractivity contribution is 5.94. The predicted octanol–water partition coefficient (Wildman–Crippen LogP) is 4.49. The van der Waals surface area contributed by atoms with Crippen LogP contribution in [0, 0.1) is 0 Å².